The number of alkyl halides is 1. The van der Waals surface area contributed by atoms with Gasteiger partial charge < -0.3 is 25.6 Å². The highest BCUT2D eigenvalue weighted by atomic mass is 19.1. The van der Waals surface area contributed by atoms with Crippen molar-refractivity contribution in [2.75, 3.05) is 58.7 Å². The average molecular weight is 645 g/mol. The van der Waals surface area contributed by atoms with Crippen molar-refractivity contribution >= 4 is 16.9 Å². The molecule has 4 aromatic rings. The molecular weight excluding hydrogens is 591 g/mol. The normalized spacial score (nSPS) is 17.6. The minimum atomic E-state index is 0.300. The lowest BCUT2D eigenvalue weighted by Crippen LogP contribution is -2.52. The maximum Gasteiger partial charge on any atom is 0.164 e. The second kappa shape index (κ2) is 18.5. The second-order valence-corrected chi connectivity index (χ2v) is 11.9. The van der Waals surface area contributed by atoms with Gasteiger partial charge in [-0.1, -0.05) is 38.1 Å². The standard InChI is InChI=1S/C31H38N8O.C3H6.C2H6.CH3F/c32-30-28-29(23-6-8-27(9-7-23)40-26-4-2-1-3-5-26)36-39(31(28)35-21-34-30)25-12-16-38(17-13-25)24-10-14-37(15-11-24)20-22-18-33-19-22;1-3-2;2*1-2/h1-9,21-22,24-25,33H,10-20H2,(H2,32,34,35);3H,1H2,2H3;1-2H3;1H3. The summed E-state index contributed by atoms with van der Waals surface area (Å²) in [5.74, 6) is 2.92. The number of nitrogens with two attached hydrogens (primary N) is 1. The highest BCUT2D eigenvalue weighted by Crippen LogP contribution is 2.36. The number of halogens is 1. The van der Waals surface area contributed by atoms with E-state index >= 15 is 0 Å². The summed E-state index contributed by atoms with van der Waals surface area (Å²) < 4.78 is 17.6. The first kappa shape index (κ1) is 36.0. The lowest BCUT2D eigenvalue weighted by Gasteiger charge is -2.43. The molecule has 0 radical (unpaired) electrons. The van der Waals surface area contributed by atoms with E-state index in [-0.39, 0.29) is 0 Å². The molecule has 3 saturated heterocycles. The van der Waals surface area contributed by atoms with Crippen molar-refractivity contribution < 1.29 is 9.13 Å². The monoisotopic (exact) mass is 644 g/mol. The smallest absolute Gasteiger partial charge is 0.164 e. The van der Waals surface area contributed by atoms with Gasteiger partial charge in [0.05, 0.1) is 18.6 Å². The number of anilines is 1. The SMILES string of the molecule is C=CC.CC.CF.Nc1ncnc2c1c(-c1ccc(Oc3ccccc3)cc1)nn2C1CCN(C2CCN(CC3CNC3)CC2)CC1. The molecule has 0 saturated carbocycles. The van der Waals surface area contributed by atoms with Gasteiger partial charge in [-0.25, -0.2) is 14.6 Å². The van der Waals surface area contributed by atoms with E-state index in [2.05, 4.69) is 36.3 Å². The van der Waals surface area contributed by atoms with Crippen LogP contribution in [0.4, 0.5) is 10.2 Å². The lowest BCUT2D eigenvalue weighted by atomic mass is 9.96. The average Bonchev–Trinajstić information content (AvgIpc) is 3.51. The van der Waals surface area contributed by atoms with Crippen molar-refractivity contribution in [3.05, 3.63) is 73.6 Å². The molecule has 0 aliphatic carbocycles. The molecule has 254 valence electrons. The fourth-order valence-corrected chi connectivity index (χ4v) is 6.56. The van der Waals surface area contributed by atoms with Gasteiger partial charge in [-0.05, 0) is 88.0 Å². The molecule has 0 atom stereocenters. The molecule has 9 nitrogen and oxygen atoms in total. The molecule has 47 heavy (non-hydrogen) atoms. The van der Waals surface area contributed by atoms with Gasteiger partial charge >= 0.3 is 0 Å². The van der Waals surface area contributed by atoms with Crippen LogP contribution in [0.3, 0.4) is 0 Å². The Morgan fingerprint density at radius 3 is 2.09 bits per heavy atom. The van der Waals surface area contributed by atoms with Crippen LogP contribution in [-0.2, 0) is 0 Å². The van der Waals surface area contributed by atoms with Crippen LogP contribution >= 0.6 is 0 Å². The number of nitrogens with zero attached hydrogens (tertiary/aromatic N) is 6. The summed E-state index contributed by atoms with van der Waals surface area (Å²) in [5, 5.41) is 9.34. The molecule has 3 fully saturated rings. The summed E-state index contributed by atoms with van der Waals surface area (Å²) in [4.78, 5) is 14.4. The molecular formula is C37H53FN8O. The molecule has 2 aromatic carbocycles. The number of allylic oxidation sites excluding steroid dienone is 1. The largest absolute Gasteiger partial charge is 0.457 e. The third-order valence-electron chi connectivity index (χ3n) is 8.93. The van der Waals surface area contributed by atoms with Crippen molar-refractivity contribution in [3.63, 3.8) is 0 Å². The number of rotatable bonds is 7. The number of aromatic nitrogens is 4. The van der Waals surface area contributed by atoms with Gasteiger partial charge in [-0.2, -0.15) is 5.10 Å². The fraction of sp³-hybridized carbons (Fsp3) is 0.486. The number of benzene rings is 2. The fourth-order valence-electron chi connectivity index (χ4n) is 6.56. The van der Waals surface area contributed by atoms with Gasteiger partial charge in [0, 0.05) is 44.3 Å². The van der Waals surface area contributed by atoms with E-state index in [9.17, 15) is 4.39 Å². The Morgan fingerprint density at radius 1 is 0.894 bits per heavy atom. The van der Waals surface area contributed by atoms with Crippen LogP contribution in [0.5, 0.6) is 11.5 Å². The lowest BCUT2D eigenvalue weighted by molar-refractivity contribution is 0.0685. The zero-order chi connectivity index (χ0) is 33.6. The molecule has 10 heteroatoms. The summed E-state index contributed by atoms with van der Waals surface area (Å²) in [5.41, 5.74) is 9.03. The predicted octanol–water partition coefficient (Wildman–Crippen LogP) is 6.99. The van der Waals surface area contributed by atoms with Crippen molar-refractivity contribution in [1.82, 2.24) is 34.9 Å². The van der Waals surface area contributed by atoms with E-state index in [0.29, 0.717) is 25.1 Å². The summed E-state index contributed by atoms with van der Waals surface area (Å²) in [7, 11) is 0.500. The molecule has 0 spiro atoms. The Morgan fingerprint density at radius 2 is 1.49 bits per heavy atom. The highest BCUT2D eigenvalue weighted by molar-refractivity contribution is 5.98. The number of hydrogen-bond acceptors (Lipinski definition) is 8. The van der Waals surface area contributed by atoms with Gasteiger partial charge in [-0.15, -0.1) is 6.58 Å². The summed E-state index contributed by atoms with van der Waals surface area (Å²) in [6.45, 7) is 17.6. The highest BCUT2D eigenvalue weighted by Gasteiger charge is 2.31. The third kappa shape index (κ3) is 9.15. The van der Waals surface area contributed by atoms with Gasteiger partial charge in [0.25, 0.3) is 0 Å². The van der Waals surface area contributed by atoms with Crippen molar-refractivity contribution in [2.45, 2.75) is 58.5 Å². The van der Waals surface area contributed by atoms with Crippen LogP contribution in [0, 0.1) is 5.92 Å². The minimum absolute atomic E-state index is 0.300. The summed E-state index contributed by atoms with van der Waals surface area (Å²) in [6.07, 6.45) is 8.01. The molecule has 7 rings (SSSR count). The Kier molecular flexibility index (Phi) is 14.1. The van der Waals surface area contributed by atoms with Gasteiger partial charge in [0.2, 0.25) is 0 Å². The molecule has 3 aliphatic heterocycles. The quantitative estimate of drug-likeness (QED) is 0.208. The summed E-state index contributed by atoms with van der Waals surface area (Å²) in [6, 6.07) is 18.8. The van der Waals surface area contributed by atoms with Crippen LogP contribution in [0.1, 0.15) is 52.5 Å². The molecule has 0 unspecified atom stereocenters. The maximum atomic E-state index is 9.50. The zero-order valence-electron chi connectivity index (χ0n) is 28.6. The molecule has 0 amide bonds. The molecule has 3 N–H and O–H groups in total. The Bertz CT molecular complexity index is 1480. The molecule has 0 bridgehead atoms. The van der Waals surface area contributed by atoms with Crippen molar-refractivity contribution in [2.24, 2.45) is 5.92 Å². The Hall–Kier alpha value is -3.86. The van der Waals surface area contributed by atoms with E-state index in [1.165, 1.54) is 45.6 Å². The number of ether oxygens (including phenoxy) is 1. The van der Waals surface area contributed by atoms with Crippen molar-refractivity contribution in [3.8, 4) is 22.8 Å². The van der Waals surface area contributed by atoms with E-state index in [0.717, 1.165) is 65.6 Å². The number of nitrogen functional groups attached to an aromatic ring is 1. The number of fused-ring (bicyclic) bond motifs is 1. The van der Waals surface area contributed by atoms with E-state index in [1.807, 2.05) is 75.4 Å². The second-order valence-electron chi connectivity index (χ2n) is 11.9. The topological polar surface area (TPSA) is 97.4 Å². The van der Waals surface area contributed by atoms with Gasteiger partial charge in [0.1, 0.15) is 29.3 Å². The number of para-hydroxylation sites is 1. The Labute approximate surface area is 280 Å². The van der Waals surface area contributed by atoms with Gasteiger partial charge in [0.15, 0.2) is 5.65 Å². The van der Waals surface area contributed by atoms with E-state index in [4.69, 9.17) is 15.6 Å². The van der Waals surface area contributed by atoms with Crippen LogP contribution in [0.15, 0.2) is 73.6 Å². The first-order valence-corrected chi connectivity index (χ1v) is 17.1. The zero-order valence-corrected chi connectivity index (χ0v) is 28.6. The first-order chi connectivity index (χ1) is 23.1. The van der Waals surface area contributed by atoms with Crippen LogP contribution in [0.2, 0.25) is 0 Å². The van der Waals surface area contributed by atoms with E-state index < -0.39 is 0 Å². The van der Waals surface area contributed by atoms with Crippen LogP contribution in [-0.4, -0.2) is 88.6 Å². The molecule has 2 aromatic heterocycles. The number of piperidine rings is 2. The van der Waals surface area contributed by atoms with Crippen molar-refractivity contribution in [1.29, 1.82) is 0 Å². The van der Waals surface area contributed by atoms with E-state index in [1.54, 1.807) is 12.4 Å². The number of likely N-dealkylation sites (tertiary alicyclic amines) is 2. The maximum absolute atomic E-state index is 9.50. The predicted molar refractivity (Wildman–Crippen MR) is 192 cm³/mol. The number of nitrogens with one attached hydrogen (secondary N) is 1. The third-order valence-corrected chi connectivity index (χ3v) is 8.93. The molecule has 5 heterocycles. The van der Waals surface area contributed by atoms with Gasteiger partial charge in [-0.3, -0.25) is 4.39 Å². The Balaban J connectivity index is 0.000000666. The first-order valence-electron chi connectivity index (χ1n) is 17.1. The summed E-state index contributed by atoms with van der Waals surface area (Å²) >= 11 is 0. The number of hydrogen-bond donors (Lipinski definition) is 2. The molecule has 3 aliphatic rings. The minimum Gasteiger partial charge on any atom is -0.457 e. The van der Waals surface area contributed by atoms with Crippen LogP contribution in [0.25, 0.3) is 22.3 Å². The van der Waals surface area contributed by atoms with Crippen LogP contribution < -0.4 is 15.8 Å².